The molecule has 3 aliphatic heterocycles. The molecule has 0 aromatic carbocycles. The summed E-state index contributed by atoms with van der Waals surface area (Å²) in [5.41, 5.74) is 0. The summed E-state index contributed by atoms with van der Waals surface area (Å²) in [6, 6.07) is 0. The number of quaternary nitrogens is 1. The maximum Gasteiger partial charge on any atom is 0.110 e. The Morgan fingerprint density at radius 1 is 1.23 bits per heavy atom. The lowest BCUT2D eigenvalue weighted by atomic mass is 10.1. The van der Waals surface area contributed by atoms with Crippen LogP contribution in [-0.2, 0) is 0 Å². The largest absolute Gasteiger partial charge is 1.00 e. The van der Waals surface area contributed by atoms with Crippen molar-refractivity contribution in [2.75, 3.05) is 45.8 Å². The van der Waals surface area contributed by atoms with Gasteiger partial charge in [-0.05, 0) is 0 Å². The Kier molecular flexibility index (Phi) is 3.81. The molecule has 0 radical (unpaired) electrons. The molecule has 3 aliphatic rings. The number of hydrogen-bond donors (Lipinski definition) is 0. The fourth-order valence-corrected chi connectivity index (χ4v) is 2.86. The van der Waals surface area contributed by atoms with Crippen LogP contribution in [0.3, 0.4) is 0 Å². The van der Waals surface area contributed by atoms with Crippen molar-refractivity contribution in [1.29, 1.82) is 0 Å². The van der Waals surface area contributed by atoms with E-state index in [-0.39, 0.29) is 12.4 Å². The summed E-state index contributed by atoms with van der Waals surface area (Å²) in [6.45, 7) is 12.9. The third-order valence-electron chi connectivity index (χ3n) is 3.18. The molecule has 3 rings (SSSR count). The van der Waals surface area contributed by atoms with Crippen molar-refractivity contribution in [3.63, 3.8) is 0 Å². The van der Waals surface area contributed by atoms with Gasteiger partial charge in [-0.2, -0.15) is 0 Å². The van der Waals surface area contributed by atoms with E-state index in [0.717, 1.165) is 11.0 Å². The summed E-state index contributed by atoms with van der Waals surface area (Å²) in [4.78, 5) is 2.57. The molecule has 76 valence electrons. The van der Waals surface area contributed by atoms with Gasteiger partial charge in [-0.1, -0.05) is 22.5 Å². The zero-order valence-electron chi connectivity index (χ0n) is 7.81. The number of piperazine rings is 3. The molecular formula is C9H16BrClN2. The first-order valence-electron chi connectivity index (χ1n) is 4.61. The summed E-state index contributed by atoms with van der Waals surface area (Å²) in [7, 11) is 0. The molecule has 4 heteroatoms. The van der Waals surface area contributed by atoms with Crippen LogP contribution in [0.4, 0.5) is 0 Å². The van der Waals surface area contributed by atoms with Crippen LogP contribution in [0.5, 0.6) is 0 Å². The van der Waals surface area contributed by atoms with Crippen molar-refractivity contribution in [3.05, 3.63) is 11.1 Å². The molecule has 0 aliphatic carbocycles. The van der Waals surface area contributed by atoms with Crippen LogP contribution in [0.1, 0.15) is 0 Å². The number of hydrogen-bond acceptors (Lipinski definition) is 1. The van der Waals surface area contributed by atoms with Crippen LogP contribution in [0.15, 0.2) is 11.1 Å². The number of fused-ring (bicyclic) bond motifs is 3. The van der Waals surface area contributed by atoms with E-state index in [1.165, 1.54) is 43.8 Å². The van der Waals surface area contributed by atoms with E-state index in [1.807, 2.05) is 0 Å². The fraction of sp³-hybridized carbons (Fsp3) is 0.778. The van der Waals surface area contributed by atoms with Crippen LogP contribution in [0, 0.1) is 0 Å². The maximum absolute atomic E-state index is 3.95. The molecule has 13 heavy (non-hydrogen) atoms. The summed E-state index contributed by atoms with van der Waals surface area (Å²) < 4.78 is 2.44. The summed E-state index contributed by atoms with van der Waals surface area (Å²) in [5, 5.41) is 0. The molecule has 3 fully saturated rings. The Morgan fingerprint density at radius 3 is 2.08 bits per heavy atom. The predicted octanol–water partition coefficient (Wildman–Crippen LogP) is -1.95. The average Bonchev–Trinajstić information content (AvgIpc) is 2.05. The first-order valence-corrected chi connectivity index (χ1v) is 5.40. The average molecular weight is 268 g/mol. The monoisotopic (exact) mass is 266 g/mol. The summed E-state index contributed by atoms with van der Waals surface area (Å²) in [6.07, 6.45) is 0. The van der Waals surface area contributed by atoms with E-state index in [1.54, 1.807) is 0 Å². The summed E-state index contributed by atoms with van der Waals surface area (Å²) >= 11 is 3.48. The van der Waals surface area contributed by atoms with E-state index in [4.69, 9.17) is 0 Å². The Hall–Kier alpha value is 0.430. The van der Waals surface area contributed by atoms with Crippen LogP contribution < -0.4 is 12.4 Å². The maximum atomic E-state index is 3.95. The molecule has 0 atom stereocenters. The SMILES string of the molecule is C=C(Br)C[N+]12CCN(CC1)CC2.[Cl-]. The number of halogens is 2. The van der Waals surface area contributed by atoms with Gasteiger partial charge < -0.3 is 16.9 Å². The zero-order valence-corrected chi connectivity index (χ0v) is 10.1. The van der Waals surface area contributed by atoms with E-state index < -0.39 is 0 Å². The van der Waals surface area contributed by atoms with Crippen LogP contribution in [0.2, 0.25) is 0 Å². The van der Waals surface area contributed by atoms with E-state index in [2.05, 4.69) is 27.4 Å². The second-order valence-electron chi connectivity index (χ2n) is 4.03. The normalized spacial score (nSPS) is 36.8. The van der Waals surface area contributed by atoms with Gasteiger partial charge in [-0.15, -0.1) is 0 Å². The lowest BCUT2D eigenvalue weighted by molar-refractivity contribution is -0.936. The first-order chi connectivity index (χ1) is 5.70. The van der Waals surface area contributed by atoms with Crippen molar-refractivity contribution in [2.45, 2.75) is 0 Å². The number of rotatable bonds is 2. The number of nitrogens with zero attached hydrogens (tertiary/aromatic N) is 2. The third-order valence-corrected chi connectivity index (χ3v) is 3.43. The van der Waals surface area contributed by atoms with Gasteiger partial charge in [0.05, 0.1) is 19.6 Å². The topological polar surface area (TPSA) is 3.24 Å². The molecule has 0 amide bonds. The second kappa shape index (κ2) is 4.30. The molecule has 0 spiro atoms. The van der Waals surface area contributed by atoms with Gasteiger partial charge in [0, 0.05) is 24.1 Å². The smallest absolute Gasteiger partial charge is 0.110 e. The highest BCUT2D eigenvalue weighted by atomic mass is 79.9. The Labute approximate surface area is 94.7 Å². The van der Waals surface area contributed by atoms with Gasteiger partial charge in [0.1, 0.15) is 6.54 Å². The zero-order chi connectivity index (χ0) is 8.60. The quantitative estimate of drug-likeness (QED) is 0.526. The van der Waals surface area contributed by atoms with Gasteiger partial charge in [0.15, 0.2) is 0 Å². The minimum absolute atomic E-state index is 0. The van der Waals surface area contributed by atoms with E-state index in [0.29, 0.717) is 0 Å². The van der Waals surface area contributed by atoms with Crippen LogP contribution in [-0.4, -0.2) is 55.2 Å². The van der Waals surface area contributed by atoms with Gasteiger partial charge in [0.2, 0.25) is 0 Å². The third kappa shape index (κ3) is 2.46. The molecule has 2 bridgehead atoms. The molecule has 0 N–H and O–H groups in total. The van der Waals surface area contributed by atoms with Crippen LogP contribution in [0.25, 0.3) is 0 Å². The van der Waals surface area contributed by atoms with Gasteiger partial charge in [-0.25, -0.2) is 0 Å². The van der Waals surface area contributed by atoms with Gasteiger partial charge >= 0.3 is 0 Å². The molecule has 0 aromatic rings. The second-order valence-corrected chi connectivity index (χ2v) is 5.15. The molecular weight excluding hydrogens is 251 g/mol. The lowest BCUT2D eigenvalue weighted by Gasteiger charge is -2.50. The van der Waals surface area contributed by atoms with Gasteiger partial charge in [0.25, 0.3) is 0 Å². The molecule has 3 saturated heterocycles. The molecule has 0 aromatic heterocycles. The first kappa shape index (κ1) is 11.5. The Bertz CT molecular complexity index is 186. The summed E-state index contributed by atoms with van der Waals surface area (Å²) in [5.74, 6) is 0. The van der Waals surface area contributed by atoms with Crippen molar-refractivity contribution >= 4 is 15.9 Å². The highest BCUT2D eigenvalue weighted by Gasteiger charge is 2.38. The van der Waals surface area contributed by atoms with Gasteiger partial charge in [-0.3, -0.25) is 4.90 Å². The highest BCUT2D eigenvalue weighted by Crippen LogP contribution is 2.22. The molecule has 2 nitrogen and oxygen atoms in total. The van der Waals surface area contributed by atoms with Crippen LogP contribution >= 0.6 is 15.9 Å². The lowest BCUT2D eigenvalue weighted by Crippen LogP contribution is -3.00. The Balaban J connectivity index is 0.000000845. The molecule has 3 heterocycles. The minimum atomic E-state index is 0. The van der Waals surface area contributed by atoms with Crippen molar-refractivity contribution < 1.29 is 16.9 Å². The fourth-order valence-electron chi connectivity index (χ4n) is 2.33. The van der Waals surface area contributed by atoms with Crippen molar-refractivity contribution in [3.8, 4) is 0 Å². The van der Waals surface area contributed by atoms with E-state index >= 15 is 0 Å². The predicted molar refractivity (Wildman–Crippen MR) is 54.2 cm³/mol. The van der Waals surface area contributed by atoms with Crippen molar-refractivity contribution in [1.82, 2.24) is 4.90 Å². The minimum Gasteiger partial charge on any atom is -1.00 e. The molecule has 0 saturated carbocycles. The highest BCUT2D eigenvalue weighted by molar-refractivity contribution is 9.11. The van der Waals surface area contributed by atoms with E-state index in [9.17, 15) is 0 Å². The Morgan fingerprint density at radius 2 is 1.69 bits per heavy atom. The molecule has 0 unspecified atom stereocenters. The standard InChI is InChI=1S/C9H16BrN2.ClH/c1-9(10)8-12-5-2-11(3-6-12)4-7-12;/h1-8H2;1H/q+1;/p-1. The van der Waals surface area contributed by atoms with Crippen molar-refractivity contribution in [2.24, 2.45) is 0 Å².